The molecule has 0 atom stereocenters. The van der Waals surface area contributed by atoms with Gasteiger partial charge in [0.1, 0.15) is 0 Å². The zero-order chi connectivity index (χ0) is 12.8. The lowest BCUT2D eigenvalue weighted by molar-refractivity contribution is -0.159. The van der Waals surface area contributed by atoms with Crippen LogP contribution >= 0.6 is 0 Å². The highest BCUT2D eigenvalue weighted by Gasteiger charge is 2.40. The van der Waals surface area contributed by atoms with E-state index in [0.29, 0.717) is 6.61 Å². The fourth-order valence-electron chi connectivity index (χ4n) is 3.19. The third-order valence-electron chi connectivity index (χ3n) is 4.71. The van der Waals surface area contributed by atoms with Crippen molar-refractivity contribution in [1.29, 1.82) is 0 Å². The third-order valence-corrected chi connectivity index (χ3v) is 4.71. The number of rotatable bonds is 6. The van der Waals surface area contributed by atoms with Crippen LogP contribution in [0, 0.1) is 11.3 Å². The Bertz CT molecular complexity index is 262. The molecule has 0 aromatic heterocycles. The molecule has 1 saturated heterocycles. The van der Waals surface area contributed by atoms with Crippen LogP contribution in [-0.2, 0) is 9.53 Å². The van der Waals surface area contributed by atoms with E-state index < -0.39 is 0 Å². The maximum atomic E-state index is 12.3. The van der Waals surface area contributed by atoms with Crippen molar-refractivity contribution in [2.75, 3.05) is 19.7 Å². The van der Waals surface area contributed by atoms with Gasteiger partial charge in [0.05, 0.1) is 12.0 Å². The molecule has 3 nitrogen and oxygen atoms in total. The number of hydrogen-bond donors (Lipinski definition) is 1. The minimum absolute atomic E-state index is 0.0742. The van der Waals surface area contributed by atoms with E-state index in [2.05, 4.69) is 12.2 Å². The smallest absolute Gasteiger partial charge is 0.312 e. The second kappa shape index (κ2) is 6.55. The van der Waals surface area contributed by atoms with Crippen molar-refractivity contribution in [3.05, 3.63) is 0 Å². The van der Waals surface area contributed by atoms with Gasteiger partial charge >= 0.3 is 5.97 Å². The summed E-state index contributed by atoms with van der Waals surface area (Å²) in [6.07, 6.45) is 9.06. The Balaban J connectivity index is 1.78. The van der Waals surface area contributed by atoms with E-state index >= 15 is 0 Å². The van der Waals surface area contributed by atoms with Gasteiger partial charge in [0.25, 0.3) is 0 Å². The minimum Gasteiger partial charge on any atom is -0.465 e. The van der Waals surface area contributed by atoms with Crippen LogP contribution in [0.3, 0.4) is 0 Å². The van der Waals surface area contributed by atoms with Crippen molar-refractivity contribution in [2.24, 2.45) is 11.3 Å². The fraction of sp³-hybridized carbons (Fsp3) is 0.933. The highest BCUT2D eigenvalue weighted by Crippen LogP contribution is 2.36. The van der Waals surface area contributed by atoms with Crippen LogP contribution in [0.4, 0.5) is 0 Å². The highest BCUT2D eigenvalue weighted by atomic mass is 16.5. The number of esters is 1. The molecule has 0 radical (unpaired) electrons. The van der Waals surface area contributed by atoms with E-state index in [9.17, 15) is 4.79 Å². The summed E-state index contributed by atoms with van der Waals surface area (Å²) in [7, 11) is 0. The molecule has 0 aromatic rings. The van der Waals surface area contributed by atoms with Gasteiger partial charge in [-0.3, -0.25) is 4.79 Å². The Labute approximate surface area is 111 Å². The number of ether oxygens (including phenoxy) is 1. The largest absolute Gasteiger partial charge is 0.465 e. The van der Waals surface area contributed by atoms with E-state index in [1.807, 2.05) is 0 Å². The molecule has 1 saturated carbocycles. The molecule has 0 amide bonds. The van der Waals surface area contributed by atoms with Crippen LogP contribution in [0.1, 0.15) is 58.3 Å². The molecule has 18 heavy (non-hydrogen) atoms. The molecule has 1 N–H and O–H groups in total. The first kappa shape index (κ1) is 13.9. The van der Waals surface area contributed by atoms with Gasteiger partial charge in [-0.1, -0.05) is 32.6 Å². The van der Waals surface area contributed by atoms with Gasteiger partial charge in [0.2, 0.25) is 0 Å². The van der Waals surface area contributed by atoms with E-state index in [0.717, 1.165) is 51.1 Å². The number of piperidine rings is 1. The lowest BCUT2D eigenvalue weighted by atomic mass is 9.75. The maximum absolute atomic E-state index is 12.3. The van der Waals surface area contributed by atoms with Gasteiger partial charge in [-0.15, -0.1) is 0 Å². The minimum atomic E-state index is -0.181. The molecule has 1 aliphatic carbocycles. The van der Waals surface area contributed by atoms with E-state index in [4.69, 9.17) is 4.74 Å². The summed E-state index contributed by atoms with van der Waals surface area (Å²) in [6.45, 7) is 4.71. The monoisotopic (exact) mass is 253 g/mol. The molecule has 2 rings (SSSR count). The molecule has 104 valence electrons. The van der Waals surface area contributed by atoms with Gasteiger partial charge in [0, 0.05) is 0 Å². The molecule has 0 unspecified atom stereocenters. The van der Waals surface area contributed by atoms with Crippen LogP contribution in [0.15, 0.2) is 0 Å². The molecule has 0 spiro atoms. The van der Waals surface area contributed by atoms with Crippen molar-refractivity contribution < 1.29 is 9.53 Å². The third kappa shape index (κ3) is 3.25. The summed E-state index contributed by atoms with van der Waals surface area (Å²) in [6, 6.07) is 0. The second-order valence-corrected chi connectivity index (χ2v) is 6.00. The van der Waals surface area contributed by atoms with Crippen molar-refractivity contribution in [3.63, 3.8) is 0 Å². The summed E-state index contributed by atoms with van der Waals surface area (Å²) in [5.41, 5.74) is -0.181. The van der Waals surface area contributed by atoms with Crippen LogP contribution in [0.5, 0.6) is 0 Å². The predicted octanol–water partition coefficient (Wildman–Crippen LogP) is 2.89. The van der Waals surface area contributed by atoms with Gasteiger partial charge in [-0.05, 0) is 44.7 Å². The number of carbonyl (C=O) groups is 1. The molecular formula is C15H27NO2. The van der Waals surface area contributed by atoms with Gasteiger partial charge < -0.3 is 10.1 Å². The number of hydrogen-bond acceptors (Lipinski definition) is 3. The van der Waals surface area contributed by atoms with Crippen LogP contribution in [0.25, 0.3) is 0 Å². The van der Waals surface area contributed by atoms with Crippen LogP contribution < -0.4 is 5.32 Å². The summed E-state index contributed by atoms with van der Waals surface area (Å²) in [4.78, 5) is 12.3. The lowest BCUT2D eigenvalue weighted by Crippen LogP contribution is -2.43. The van der Waals surface area contributed by atoms with E-state index in [-0.39, 0.29) is 11.4 Å². The highest BCUT2D eigenvalue weighted by molar-refractivity contribution is 5.77. The molecule has 2 fully saturated rings. The first-order valence-corrected chi connectivity index (χ1v) is 7.65. The van der Waals surface area contributed by atoms with Crippen LogP contribution in [0.2, 0.25) is 0 Å². The molecule has 1 aliphatic heterocycles. The SMILES string of the molecule is CCCC1(C(=O)OCCC2CCC2)CCNCC1. The molecule has 1 heterocycles. The standard InChI is InChI=1S/C15H27NO2/c1-2-7-15(8-10-16-11-9-15)14(17)18-12-6-13-4-3-5-13/h13,16H,2-12H2,1H3. The fourth-order valence-corrected chi connectivity index (χ4v) is 3.19. The Kier molecular flexibility index (Phi) is 5.04. The quantitative estimate of drug-likeness (QED) is 0.740. The molecule has 0 aromatic carbocycles. The summed E-state index contributed by atoms with van der Waals surface area (Å²) >= 11 is 0. The predicted molar refractivity (Wildman–Crippen MR) is 72.4 cm³/mol. The number of nitrogens with one attached hydrogen (secondary N) is 1. The summed E-state index contributed by atoms with van der Waals surface area (Å²) < 4.78 is 5.58. The Morgan fingerprint density at radius 1 is 1.33 bits per heavy atom. The lowest BCUT2D eigenvalue weighted by Gasteiger charge is -2.35. The van der Waals surface area contributed by atoms with Gasteiger partial charge in [0.15, 0.2) is 0 Å². The second-order valence-electron chi connectivity index (χ2n) is 6.00. The van der Waals surface area contributed by atoms with E-state index in [1.165, 1.54) is 19.3 Å². The van der Waals surface area contributed by atoms with Crippen molar-refractivity contribution in [3.8, 4) is 0 Å². The molecular weight excluding hydrogens is 226 g/mol. The first-order chi connectivity index (χ1) is 8.77. The molecule has 0 bridgehead atoms. The summed E-state index contributed by atoms with van der Waals surface area (Å²) in [5.74, 6) is 0.901. The van der Waals surface area contributed by atoms with Crippen molar-refractivity contribution in [1.82, 2.24) is 5.32 Å². The average Bonchev–Trinajstić information content (AvgIpc) is 2.33. The zero-order valence-corrected chi connectivity index (χ0v) is 11.7. The zero-order valence-electron chi connectivity index (χ0n) is 11.7. The maximum Gasteiger partial charge on any atom is 0.312 e. The Morgan fingerprint density at radius 3 is 2.61 bits per heavy atom. The molecule has 2 aliphatic rings. The first-order valence-electron chi connectivity index (χ1n) is 7.65. The van der Waals surface area contributed by atoms with Gasteiger partial charge in [-0.2, -0.15) is 0 Å². The summed E-state index contributed by atoms with van der Waals surface area (Å²) in [5, 5.41) is 3.34. The van der Waals surface area contributed by atoms with Gasteiger partial charge in [-0.25, -0.2) is 0 Å². The molecule has 3 heteroatoms. The van der Waals surface area contributed by atoms with Crippen molar-refractivity contribution in [2.45, 2.75) is 58.3 Å². The van der Waals surface area contributed by atoms with Crippen molar-refractivity contribution >= 4 is 5.97 Å². The van der Waals surface area contributed by atoms with E-state index in [1.54, 1.807) is 0 Å². The normalized spacial score (nSPS) is 23.4. The van der Waals surface area contributed by atoms with Crippen LogP contribution in [-0.4, -0.2) is 25.7 Å². The topological polar surface area (TPSA) is 38.3 Å². The Hall–Kier alpha value is -0.570. The Morgan fingerprint density at radius 2 is 2.06 bits per heavy atom. The average molecular weight is 253 g/mol. The number of carbonyl (C=O) groups excluding carboxylic acids is 1.